The number of hydrogen-bond acceptors (Lipinski definition) is 3. The van der Waals surface area contributed by atoms with Crippen molar-refractivity contribution in [1.82, 2.24) is 9.88 Å². The first-order chi connectivity index (χ1) is 9.70. The van der Waals surface area contributed by atoms with E-state index in [9.17, 15) is 18.0 Å². The van der Waals surface area contributed by atoms with Gasteiger partial charge >= 0.3 is 12.3 Å². The molecule has 2 atom stereocenters. The first-order valence-corrected chi connectivity index (χ1v) is 6.49. The van der Waals surface area contributed by atoms with Crippen LogP contribution in [0.3, 0.4) is 0 Å². The van der Waals surface area contributed by atoms with E-state index in [2.05, 4.69) is 4.98 Å². The van der Waals surface area contributed by atoms with Crippen molar-refractivity contribution in [2.75, 3.05) is 18.0 Å². The maximum Gasteiger partial charge on any atom is 0.433 e. The summed E-state index contributed by atoms with van der Waals surface area (Å²) in [5.74, 6) is 0. The monoisotopic (exact) mass is 303 g/mol. The Bertz CT molecular complexity index is 518. The number of carboxylic acid groups (broad SMARTS) is 1. The van der Waals surface area contributed by atoms with Crippen LogP contribution in [-0.2, 0) is 6.18 Å². The fourth-order valence-electron chi connectivity index (χ4n) is 2.48. The highest BCUT2D eigenvalue weighted by Crippen LogP contribution is 2.29. The van der Waals surface area contributed by atoms with Crippen LogP contribution in [0.4, 0.5) is 23.7 Å². The molecule has 0 saturated carbocycles. The number of aromatic nitrogens is 1. The van der Waals surface area contributed by atoms with Gasteiger partial charge in [-0.3, -0.25) is 0 Å². The molecule has 1 fully saturated rings. The average molecular weight is 303 g/mol. The van der Waals surface area contributed by atoms with E-state index in [1.807, 2.05) is 11.8 Å². The molecular formula is C13H16F3N3O2. The molecule has 0 aliphatic carbocycles. The van der Waals surface area contributed by atoms with Gasteiger partial charge in [-0.1, -0.05) is 0 Å². The molecule has 1 aliphatic rings. The smallest absolute Gasteiger partial charge is 0.433 e. The van der Waals surface area contributed by atoms with Gasteiger partial charge in [0.15, 0.2) is 0 Å². The highest BCUT2D eigenvalue weighted by Gasteiger charge is 2.34. The molecule has 2 rings (SSSR count). The van der Waals surface area contributed by atoms with Crippen LogP contribution < -0.4 is 4.90 Å². The molecule has 0 radical (unpaired) electrons. The molecule has 1 aromatic rings. The zero-order valence-electron chi connectivity index (χ0n) is 11.6. The van der Waals surface area contributed by atoms with Crippen molar-refractivity contribution >= 4 is 11.8 Å². The van der Waals surface area contributed by atoms with Crippen LogP contribution in [-0.4, -0.2) is 46.3 Å². The van der Waals surface area contributed by atoms with E-state index < -0.39 is 18.0 Å². The van der Waals surface area contributed by atoms with Crippen molar-refractivity contribution < 1.29 is 23.1 Å². The Morgan fingerprint density at radius 3 is 2.43 bits per heavy atom. The molecule has 5 nitrogen and oxygen atoms in total. The zero-order chi connectivity index (χ0) is 15.8. The van der Waals surface area contributed by atoms with Gasteiger partial charge in [0.25, 0.3) is 0 Å². The second-order valence-electron chi connectivity index (χ2n) is 5.18. The largest absolute Gasteiger partial charge is 0.465 e. The van der Waals surface area contributed by atoms with Gasteiger partial charge in [0, 0.05) is 25.2 Å². The summed E-state index contributed by atoms with van der Waals surface area (Å²) in [6, 6.07) is 1.95. The van der Waals surface area contributed by atoms with Crippen molar-refractivity contribution in [3.63, 3.8) is 0 Å². The third-order valence-electron chi connectivity index (χ3n) is 3.60. The minimum atomic E-state index is -4.46. The van der Waals surface area contributed by atoms with Gasteiger partial charge in [0.1, 0.15) is 5.69 Å². The fraction of sp³-hybridized carbons (Fsp3) is 0.538. The molecule has 2 heterocycles. The van der Waals surface area contributed by atoms with E-state index in [1.54, 1.807) is 6.92 Å². The number of pyridine rings is 1. The highest BCUT2D eigenvalue weighted by atomic mass is 19.4. The maximum atomic E-state index is 12.5. The third-order valence-corrected chi connectivity index (χ3v) is 3.60. The van der Waals surface area contributed by atoms with Crippen molar-refractivity contribution in [3.8, 4) is 0 Å². The van der Waals surface area contributed by atoms with E-state index >= 15 is 0 Å². The van der Waals surface area contributed by atoms with E-state index in [0.717, 1.165) is 6.07 Å². The van der Waals surface area contributed by atoms with Crippen LogP contribution in [0, 0.1) is 0 Å². The predicted octanol–water partition coefficient (Wildman–Crippen LogP) is 2.68. The molecule has 1 aliphatic heterocycles. The van der Waals surface area contributed by atoms with Crippen LogP contribution in [0.1, 0.15) is 19.5 Å². The van der Waals surface area contributed by atoms with E-state index in [-0.39, 0.29) is 12.1 Å². The third kappa shape index (κ3) is 3.20. The molecule has 1 N–H and O–H groups in total. The first-order valence-electron chi connectivity index (χ1n) is 6.49. The summed E-state index contributed by atoms with van der Waals surface area (Å²) in [7, 11) is 0. The fourth-order valence-corrected chi connectivity index (χ4v) is 2.48. The van der Waals surface area contributed by atoms with Gasteiger partial charge in [0.2, 0.25) is 0 Å². The Hall–Kier alpha value is -1.99. The Labute approximate surface area is 120 Å². The van der Waals surface area contributed by atoms with Gasteiger partial charge in [-0.2, -0.15) is 13.2 Å². The molecule has 0 spiro atoms. The van der Waals surface area contributed by atoms with E-state index in [0.29, 0.717) is 18.8 Å². The summed E-state index contributed by atoms with van der Waals surface area (Å²) in [5.41, 5.74) is -0.372. The quantitative estimate of drug-likeness (QED) is 0.866. The van der Waals surface area contributed by atoms with Crippen molar-refractivity contribution in [3.05, 3.63) is 24.0 Å². The Balaban J connectivity index is 2.17. The number of halogens is 3. The molecule has 1 amide bonds. The molecule has 8 heteroatoms. The second kappa shape index (κ2) is 5.42. The number of hydrogen-bond donors (Lipinski definition) is 1. The number of piperazine rings is 1. The van der Waals surface area contributed by atoms with Gasteiger partial charge < -0.3 is 14.9 Å². The lowest BCUT2D eigenvalue weighted by Gasteiger charge is -2.43. The lowest BCUT2D eigenvalue weighted by molar-refractivity contribution is -0.141. The van der Waals surface area contributed by atoms with E-state index in [1.165, 1.54) is 17.2 Å². The van der Waals surface area contributed by atoms with Gasteiger partial charge in [-0.15, -0.1) is 0 Å². The van der Waals surface area contributed by atoms with Crippen molar-refractivity contribution in [1.29, 1.82) is 0 Å². The van der Waals surface area contributed by atoms with Crippen LogP contribution in [0.2, 0.25) is 0 Å². The van der Waals surface area contributed by atoms with Gasteiger partial charge in [0.05, 0.1) is 11.9 Å². The molecule has 116 valence electrons. The Morgan fingerprint density at radius 2 is 1.95 bits per heavy atom. The summed E-state index contributed by atoms with van der Waals surface area (Å²) >= 11 is 0. The minimum Gasteiger partial charge on any atom is -0.465 e. The number of alkyl halides is 3. The number of rotatable bonds is 1. The van der Waals surface area contributed by atoms with Gasteiger partial charge in [-0.25, -0.2) is 9.78 Å². The molecule has 21 heavy (non-hydrogen) atoms. The lowest BCUT2D eigenvalue weighted by atomic mass is 10.1. The minimum absolute atomic E-state index is 0.129. The summed E-state index contributed by atoms with van der Waals surface area (Å²) in [5, 5.41) is 9.08. The predicted molar refractivity (Wildman–Crippen MR) is 70.2 cm³/mol. The molecule has 0 unspecified atom stereocenters. The van der Waals surface area contributed by atoms with Crippen LogP contribution >= 0.6 is 0 Å². The Kier molecular flexibility index (Phi) is 3.97. The molecule has 0 aromatic carbocycles. The van der Waals surface area contributed by atoms with E-state index in [4.69, 9.17) is 5.11 Å². The second-order valence-corrected chi connectivity index (χ2v) is 5.18. The molecule has 1 aromatic heterocycles. The highest BCUT2D eigenvalue weighted by molar-refractivity contribution is 5.66. The van der Waals surface area contributed by atoms with Crippen molar-refractivity contribution in [2.24, 2.45) is 0 Å². The number of amides is 1. The number of nitrogens with zero attached hydrogens (tertiary/aromatic N) is 3. The normalized spacial score (nSPS) is 23.3. The van der Waals surface area contributed by atoms with Crippen LogP contribution in [0.25, 0.3) is 0 Å². The van der Waals surface area contributed by atoms with Gasteiger partial charge in [-0.05, 0) is 26.0 Å². The molecule has 1 saturated heterocycles. The van der Waals surface area contributed by atoms with Crippen LogP contribution in [0.15, 0.2) is 18.3 Å². The molecule has 0 bridgehead atoms. The molecular weight excluding hydrogens is 287 g/mol. The zero-order valence-corrected chi connectivity index (χ0v) is 11.6. The summed E-state index contributed by atoms with van der Waals surface area (Å²) in [4.78, 5) is 17.7. The Morgan fingerprint density at radius 1 is 1.29 bits per heavy atom. The maximum absolute atomic E-state index is 12.5. The standard InChI is InChI=1S/C13H16F3N3O2/c1-8-7-19(12(20)21)9(2)6-18(8)10-3-4-11(17-5-10)13(14,15)16/h3-5,8-9H,6-7H2,1-2H3,(H,20,21)/t8-,9-/m1/s1. The lowest BCUT2D eigenvalue weighted by Crippen LogP contribution is -2.58. The van der Waals surface area contributed by atoms with Crippen LogP contribution in [0.5, 0.6) is 0 Å². The number of carbonyl (C=O) groups is 1. The number of anilines is 1. The topological polar surface area (TPSA) is 56.7 Å². The SMILES string of the molecule is C[C@@H]1CN(c2ccc(C(F)(F)F)nc2)[C@H](C)CN1C(=O)O. The summed E-state index contributed by atoms with van der Waals surface area (Å²) in [6.07, 6.45) is -4.26. The van der Waals surface area contributed by atoms with Crippen molar-refractivity contribution in [2.45, 2.75) is 32.1 Å². The summed E-state index contributed by atoms with van der Waals surface area (Å²) in [6.45, 7) is 4.32. The average Bonchev–Trinajstić information content (AvgIpc) is 2.40. The summed E-state index contributed by atoms with van der Waals surface area (Å²) < 4.78 is 37.5. The first kappa shape index (κ1) is 15.4.